The van der Waals surface area contributed by atoms with E-state index >= 15 is 0 Å². The lowest BCUT2D eigenvalue weighted by atomic mass is 10.2. The zero-order valence-electron chi connectivity index (χ0n) is 13.8. The molecule has 0 fully saturated rings. The summed E-state index contributed by atoms with van der Waals surface area (Å²) in [6, 6.07) is 15.2. The molecule has 0 unspecified atom stereocenters. The Labute approximate surface area is 147 Å². The van der Waals surface area contributed by atoms with Crippen molar-refractivity contribution in [2.24, 2.45) is 4.99 Å². The average molecular weight is 361 g/mol. The van der Waals surface area contributed by atoms with Gasteiger partial charge in [-0.3, -0.25) is 4.99 Å². The summed E-state index contributed by atoms with van der Waals surface area (Å²) in [5.74, 6) is 0.709. The molecule has 1 aliphatic heterocycles. The Hall–Kier alpha value is -1.79. The summed E-state index contributed by atoms with van der Waals surface area (Å²) in [4.78, 5) is 4.71. The third kappa shape index (κ3) is 3.65. The minimum Gasteiger partial charge on any atom is -0.260 e. The average Bonchev–Trinajstić information content (AvgIpc) is 3.03. The van der Waals surface area contributed by atoms with Gasteiger partial charge in [0.05, 0.1) is 18.0 Å². The number of sulfonamides is 1. The molecule has 126 valence electrons. The number of rotatable bonds is 4. The number of aryl methyl sites for hydroxylation is 2. The fraction of sp³-hybridized carbons (Fsp3) is 0.278. The van der Waals surface area contributed by atoms with Gasteiger partial charge in [0.2, 0.25) is 0 Å². The van der Waals surface area contributed by atoms with Crippen molar-refractivity contribution in [3.63, 3.8) is 0 Å². The van der Waals surface area contributed by atoms with E-state index < -0.39 is 10.0 Å². The van der Waals surface area contributed by atoms with E-state index in [0.29, 0.717) is 28.9 Å². The van der Waals surface area contributed by atoms with Gasteiger partial charge < -0.3 is 0 Å². The molecule has 0 saturated heterocycles. The van der Waals surface area contributed by atoms with Crippen LogP contribution in [0.15, 0.2) is 58.4 Å². The second-order valence-corrected chi connectivity index (χ2v) is 8.64. The second-order valence-electron chi connectivity index (χ2n) is 5.83. The molecule has 24 heavy (non-hydrogen) atoms. The normalized spacial score (nSPS) is 14.8. The van der Waals surface area contributed by atoms with E-state index in [0.717, 1.165) is 5.56 Å². The van der Waals surface area contributed by atoms with Crippen LogP contribution >= 0.6 is 11.8 Å². The highest BCUT2D eigenvalue weighted by atomic mass is 32.2. The number of hydrogen-bond acceptors (Lipinski definition) is 4. The van der Waals surface area contributed by atoms with Gasteiger partial charge in [0.15, 0.2) is 5.17 Å². The summed E-state index contributed by atoms with van der Waals surface area (Å²) in [6.45, 7) is 4.92. The fourth-order valence-electron chi connectivity index (χ4n) is 2.54. The molecule has 0 aromatic heterocycles. The molecule has 0 aliphatic carbocycles. The molecule has 6 heteroatoms. The molecule has 0 N–H and O–H groups in total. The maximum atomic E-state index is 12.9. The number of hydrogen-bond donors (Lipinski definition) is 0. The largest absolute Gasteiger partial charge is 0.265 e. The Morgan fingerprint density at radius 2 is 1.83 bits per heavy atom. The Morgan fingerprint density at radius 3 is 2.54 bits per heavy atom. The highest BCUT2D eigenvalue weighted by Crippen LogP contribution is 2.26. The van der Waals surface area contributed by atoms with Gasteiger partial charge in [0.25, 0.3) is 10.0 Å². The van der Waals surface area contributed by atoms with Crippen molar-refractivity contribution in [2.45, 2.75) is 24.5 Å². The predicted molar refractivity (Wildman–Crippen MR) is 99.8 cm³/mol. The third-order valence-corrected chi connectivity index (χ3v) is 6.83. The van der Waals surface area contributed by atoms with E-state index in [-0.39, 0.29) is 0 Å². The van der Waals surface area contributed by atoms with Crippen molar-refractivity contribution in [3.05, 3.63) is 65.2 Å². The van der Waals surface area contributed by atoms with Gasteiger partial charge in [-0.25, -0.2) is 12.7 Å². The van der Waals surface area contributed by atoms with Gasteiger partial charge in [0.1, 0.15) is 0 Å². The van der Waals surface area contributed by atoms with Gasteiger partial charge in [-0.05, 0) is 31.5 Å². The van der Waals surface area contributed by atoms with Crippen molar-refractivity contribution < 1.29 is 8.42 Å². The van der Waals surface area contributed by atoms with E-state index in [4.69, 9.17) is 0 Å². The van der Waals surface area contributed by atoms with Gasteiger partial charge >= 0.3 is 0 Å². The van der Waals surface area contributed by atoms with Crippen LogP contribution in [-0.2, 0) is 15.8 Å². The summed E-state index contributed by atoms with van der Waals surface area (Å²) in [5, 5.41) is 0.581. The maximum absolute atomic E-state index is 12.9. The zero-order valence-corrected chi connectivity index (χ0v) is 15.4. The predicted octanol–water partition coefficient (Wildman–Crippen LogP) is 3.60. The molecule has 0 atom stereocenters. The van der Waals surface area contributed by atoms with Crippen LogP contribution in [0.3, 0.4) is 0 Å². The third-order valence-electron chi connectivity index (χ3n) is 3.82. The van der Waals surface area contributed by atoms with E-state index in [1.54, 1.807) is 12.1 Å². The van der Waals surface area contributed by atoms with Crippen LogP contribution in [0, 0.1) is 13.8 Å². The first-order valence-corrected chi connectivity index (χ1v) is 10.2. The molecule has 4 nitrogen and oxygen atoms in total. The highest BCUT2D eigenvalue weighted by Gasteiger charge is 2.30. The van der Waals surface area contributed by atoms with Crippen molar-refractivity contribution >= 4 is 27.0 Å². The molecule has 2 aromatic rings. The minimum atomic E-state index is -3.54. The van der Waals surface area contributed by atoms with Crippen LogP contribution in [0.1, 0.15) is 16.7 Å². The smallest absolute Gasteiger partial charge is 0.260 e. The lowest BCUT2D eigenvalue weighted by Crippen LogP contribution is -2.32. The molecule has 2 aromatic carbocycles. The zero-order chi connectivity index (χ0) is 17.2. The van der Waals surface area contributed by atoms with Crippen LogP contribution in [-0.4, -0.2) is 31.0 Å². The van der Waals surface area contributed by atoms with Crippen LogP contribution in [0.2, 0.25) is 0 Å². The molecular formula is C18H20N2O2S2. The van der Waals surface area contributed by atoms with Gasteiger partial charge in [0, 0.05) is 5.75 Å². The summed E-state index contributed by atoms with van der Waals surface area (Å²) >= 11 is 1.48. The highest BCUT2D eigenvalue weighted by molar-refractivity contribution is 8.14. The van der Waals surface area contributed by atoms with Gasteiger partial charge in [-0.15, -0.1) is 0 Å². The SMILES string of the molecule is Cc1ccc(S(=O)(=O)N2CCN=C2SCc2cccc(C)c2)cc1. The number of nitrogens with zero attached hydrogens (tertiary/aromatic N) is 2. The van der Waals surface area contributed by atoms with Crippen LogP contribution in [0.25, 0.3) is 0 Å². The van der Waals surface area contributed by atoms with Crippen LogP contribution in [0.4, 0.5) is 0 Å². The molecule has 0 bridgehead atoms. The number of aliphatic imine (C=N–C) groups is 1. The Morgan fingerprint density at radius 1 is 1.08 bits per heavy atom. The summed E-state index contributed by atoms with van der Waals surface area (Å²) in [5.41, 5.74) is 3.41. The first-order valence-electron chi connectivity index (χ1n) is 7.79. The van der Waals surface area contributed by atoms with Crippen LogP contribution < -0.4 is 0 Å². The molecular weight excluding hydrogens is 340 g/mol. The monoisotopic (exact) mass is 360 g/mol. The van der Waals surface area contributed by atoms with E-state index in [2.05, 4.69) is 24.0 Å². The van der Waals surface area contributed by atoms with Crippen molar-refractivity contribution in [1.82, 2.24) is 4.31 Å². The second kappa shape index (κ2) is 6.99. The molecule has 3 rings (SSSR count). The first-order chi connectivity index (χ1) is 11.5. The topological polar surface area (TPSA) is 49.7 Å². The van der Waals surface area contributed by atoms with E-state index in [1.165, 1.54) is 27.2 Å². The Kier molecular flexibility index (Phi) is 4.96. The van der Waals surface area contributed by atoms with E-state index in [1.807, 2.05) is 31.2 Å². The number of amidine groups is 1. The molecule has 0 saturated carbocycles. The van der Waals surface area contributed by atoms with Gasteiger partial charge in [-0.1, -0.05) is 59.3 Å². The minimum absolute atomic E-state index is 0.318. The fourth-order valence-corrected chi connectivity index (χ4v) is 5.20. The van der Waals surface area contributed by atoms with Crippen molar-refractivity contribution in [2.75, 3.05) is 13.1 Å². The maximum Gasteiger partial charge on any atom is 0.265 e. The molecule has 1 aliphatic rings. The Bertz CT molecular complexity index is 859. The lowest BCUT2D eigenvalue weighted by molar-refractivity contribution is 0.540. The summed E-state index contributed by atoms with van der Waals surface area (Å²) < 4.78 is 27.1. The van der Waals surface area contributed by atoms with E-state index in [9.17, 15) is 8.42 Å². The van der Waals surface area contributed by atoms with Crippen molar-refractivity contribution in [3.8, 4) is 0 Å². The van der Waals surface area contributed by atoms with Crippen LogP contribution in [0.5, 0.6) is 0 Å². The first kappa shape index (κ1) is 17.0. The lowest BCUT2D eigenvalue weighted by Gasteiger charge is -2.20. The molecule has 0 radical (unpaired) electrons. The standard InChI is InChI=1S/C18H20N2O2S2/c1-14-6-8-17(9-7-14)24(21,22)20-11-10-19-18(20)23-13-16-5-3-4-15(2)12-16/h3-9,12H,10-11,13H2,1-2H3. The summed E-state index contributed by atoms with van der Waals surface area (Å²) in [6.07, 6.45) is 0. The molecule has 1 heterocycles. The number of benzene rings is 2. The quantitative estimate of drug-likeness (QED) is 0.837. The molecule has 0 spiro atoms. The summed E-state index contributed by atoms with van der Waals surface area (Å²) in [7, 11) is -3.54. The Balaban J connectivity index is 1.76. The van der Waals surface area contributed by atoms with Crippen molar-refractivity contribution in [1.29, 1.82) is 0 Å². The number of thioether (sulfide) groups is 1. The molecule has 0 amide bonds. The van der Waals surface area contributed by atoms with Gasteiger partial charge in [-0.2, -0.15) is 0 Å².